The lowest BCUT2D eigenvalue weighted by Crippen LogP contribution is -2.37. The Morgan fingerprint density at radius 1 is 1.39 bits per heavy atom. The van der Waals surface area contributed by atoms with Crippen LogP contribution in [-0.4, -0.2) is 35.2 Å². The normalized spacial score (nSPS) is 13.3. The minimum Gasteiger partial charge on any atom is -0.497 e. The number of ether oxygens (including phenoxy) is 1. The van der Waals surface area contributed by atoms with E-state index < -0.39 is 10.0 Å². The molecule has 2 N–H and O–H groups in total. The summed E-state index contributed by atoms with van der Waals surface area (Å²) in [6, 6.07) is 4.79. The van der Waals surface area contributed by atoms with Crippen LogP contribution in [0.5, 0.6) is 5.75 Å². The van der Waals surface area contributed by atoms with Gasteiger partial charge in [-0.05, 0) is 26.1 Å². The van der Waals surface area contributed by atoms with Crippen molar-refractivity contribution < 1.29 is 13.2 Å². The fraction of sp³-hybridized carbons (Fsp3) is 0.455. The lowest BCUT2D eigenvalue weighted by Gasteiger charge is -2.12. The van der Waals surface area contributed by atoms with Gasteiger partial charge in [-0.25, -0.2) is 13.1 Å². The number of halogens is 1. The first-order chi connectivity index (χ1) is 8.39. The average Bonchev–Trinajstić information content (AvgIpc) is 2.35. The Hall–Kier alpha value is -0.630. The van der Waals surface area contributed by atoms with Gasteiger partial charge >= 0.3 is 0 Å². The summed E-state index contributed by atoms with van der Waals surface area (Å²) in [5, 5.41) is 2.96. The molecule has 1 unspecified atom stereocenters. The predicted molar refractivity (Wildman–Crippen MR) is 74.4 cm³/mol. The predicted octanol–water partition coefficient (Wildman–Crippen LogP) is 1.34. The third kappa shape index (κ3) is 4.24. The van der Waals surface area contributed by atoms with E-state index in [0.29, 0.717) is 16.8 Å². The lowest BCUT2D eigenvalue weighted by atomic mass is 10.3. The van der Waals surface area contributed by atoms with Gasteiger partial charge in [-0.1, -0.05) is 15.9 Å². The molecule has 1 aromatic carbocycles. The molecule has 1 aromatic rings. The number of methoxy groups -OCH3 is 1. The van der Waals surface area contributed by atoms with Crippen LogP contribution in [-0.2, 0) is 10.0 Å². The maximum atomic E-state index is 12.1. The molecule has 0 aliphatic rings. The molecule has 0 spiro atoms. The van der Waals surface area contributed by atoms with E-state index >= 15 is 0 Å². The summed E-state index contributed by atoms with van der Waals surface area (Å²) in [5.41, 5.74) is 0. The molecule has 18 heavy (non-hydrogen) atoms. The second-order valence-electron chi connectivity index (χ2n) is 3.87. The van der Waals surface area contributed by atoms with Crippen molar-refractivity contribution >= 4 is 26.0 Å². The van der Waals surface area contributed by atoms with Crippen LogP contribution < -0.4 is 14.8 Å². The third-order valence-electron chi connectivity index (χ3n) is 2.46. The highest BCUT2D eigenvalue weighted by molar-refractivity contribution is 9.10. The molecule has 5 nitrogen and oxygen atoms in total. The number of likely N-dealkylation sites (N-methyl/N-ethyl adjacent to an activating group) is 1. The van der Waals surface area contributed by atoms with Gasteiger partial charge in [-0.2, -0.15) is 0 Å². The maximum Gasteiger partial charge on any atom is 0.240 e. The maximum absolute atomic E-state index is 12.1. The first kappa shape index (κ1) is 15.4. The van der Waals surface area contributed by atoms with Crippen molar-refractivity contribution in [1.82, 2.24) is 10.0 Å². The molecule has 0 aliphatic carbocycles. The molecule has 0 amide bonds. The number of rotatable bonds is 6. The highest BCUT2D eigenvalue weighted by atomic mass is 79.9. The summed E-state index contributed by atoms with van der Waals surface area (Å²) >= 11 is 3.26. The first-order valence-electron chi connectivity index (χ1n) is 5.40. The van der Waals surface area contributed by atoms with Crippen LogP contribution in [0.2, 0.25) is 0 Å². The van der Waals surface area contributed by atoms with Crippen LogP contribution in [0.15, 0.2) is 27.6 Å². The van der Waals surface area contributed by atoms with Gasteiger partial charge in [0.2, 0.25) is 10.0 Å². The van der Waals surface area contributed by atoms with Crippen molar-refractivity contribution in [3.05, 3.63) is 22.7 Å². The zero-order chi connectivity index (χ0) is 13.8. The van der Waals surface area contributed by atoms with Gasteiger partial charge in [0.25, 0.3) is 0 Å². The molecule has 0 aromatic heterocycles. The Morgan fingerprint density at radius 2 is 2.06 bits per heavy atom. The summed E-state index contributed by atoms with van der Waals surface area (Å²) in [5.74, 6) is 0.492. The Bertz CT molecular complexity index is 505. The van der Waals surface area contributed by atoms with Gasteiger partial charge in [-0.3, -0.25) is 0 Å². The molecule has 0 aliphatic heterocycles. The zero-order valence-electron chi connectivity index (χ0n) is 10.5. The number of hydrogen-bond acceptors (Lipinski definition) is 4. The van der Waals surface area contributed by atoms with E-state index in [4.69, 9.17) is 4.74 Å². The molecule has 0 radical (unpaired) electrons. The van der Waals surface area contributed by atoms with Crippen LogP contribution in [0.1, 0.15) is 6.92 Å². The van der Waals surface area contributed by atoms with Gasteiger partial charge in [0, 0.05) is 23.1 Å². The number of benzene rings is 1. The average molecular weight is 337 g/mol. The second-order valence-corrected chi connectivity index (χ2v) is 6.55. The minimum absolute atomic E-state index is 0.0637. The Kier molecular flexibility index (Phi) is 5.58. The van der Waals surface area contributed by atoms with E-state index in [0.717, 1.165) is 0 Å². The van der Waals surface area contributed by atoms with E-state index in [9.17, 15) is 8.42 Å². The molecule has 0 heterocycles. The van der Waals surface area contributed by atoms with Gasteiger partial charge < -0.3 is 10.1 Å². The number of hydrogen-bond donors (Lipinski definition) is 2. The van der Waals surface area contributed by atoms with E-state index in [1.165, 1.54) is 19.2 Å². The topological polar surface area (TPSA) is 67.4 Å². The quantitative estimate of drug-likeness (QED) is 0.822. The van der Waals surface area contributed by atoms with Crippen molar-refractivity contribution in [2.75, 3.05) is 20.7 Å². The molecule has 0 saturated carbocycles. The van der Waals surface area contributed by atoms with Crippen LogP contribution in [0.3, 0.4) is 0 Å². The smallest absolute Gasteiger partial charge is 0.240 e. The SMILES string of the molecule is CNC(C)CNS(=O)(=O)c1cc(Br)cc(OC)c1. The van der Waals surface area contributed by atoms with Crippen molar-refractivity contribution in [3.63, 3.8) is 0 Å². The Balaban J connectivity index is 2.94. The zero-order valence-corrected chi connectivity index (χ0v) is 12.9. The molecule has 0 fully saturated rings. The van der Waals surface area contributed by atoms with E-state index in [-0.39, 0.29) is 10.9 Å². The fourth-order valence-corrected chi connectivity index (χ4v) is 3.04. The summed E-state index contributed by atoms with van der Waals surface area (Å²) in [6.45, 7) is 2.22. The second kappa shape index (κ2) is 6.51. The molecule has 1 rings (SSSR count). The molecule has 0 saturated heterocycles. The van der Waals surface area contributed by atoms with Gasteiger partial charge in [0.1, 0.15) is 5.75 Å². The molecule has 0 bridgehead atoms. The Labute approximate surface area is 116 Å². The summed E-state index contributed by atoms with van der Waals surface area (Å²) < 4.78 is 32.4. The van der Waals surface area contributed by atoms with E-state index in [1.54, 1.807) is 13.1 Å². The summed E-state index contributed by atoms with van der Waals surface area (Å²) in [4.78, 5) is 0.178. The van der Waals surface area contributed by atoms with Crippen LogP contribution in [0, 0.1) is 0 Å². The molecule has 7 heteroatoms. The van der Waals surface area contributed by atoms with Gasteiger partial charge in [-0.15, -0.1) is 0 Å². The Morgan fingerprint density at radius 3 is 2.61 bits per heavy atom. The highest BCUT2D eigenvalue weighted by Crippen LogP contribution is 2.23. The third-order valence-corrected chi connectivity index (χ3v) is 4.32. The van der Waals surface area contributed by atoms with E-state index in [2.05, 4.69) is 26.0 Å². The lowest BCUT2D eigenvalue weighted by molar-refractivity contribution is 0.413. The molecule has 1 atom stereocenters. The molecule has 102 valence electrons. The fourth-order valence-electron chi connectivity index (χ4n) is 1.23. The largest absolute Gasteiger partial charge is 0.497 e. The first-order valence-corrected chi connectivity index (χ1v) is 7.68. The van der Waals surface area contributed by atoms with Crippen LogP contribution in [0.4, 0.5) is 0 Å². The van der Waals surface area contributed by atoms with Gasteiger partial charge in [0.05, 0.1) is 12.0 Å². The van der Waals surface area contributed by atoms with Gasteiger partial charge in [0.15, 0.2) is 0 Å². The van der Waals surface area contributed by atoms with Crippen molar-refractivity contribution in [3.8, 4) is 5.75 Å². The molecular formula is C11H17BrN2O3S. The summed E-state index contributed by atoms with van der Waals surface area (Å²) in [6.07, 6.45) is 0. The van der Waals surface area contributed by atoms with Crippen molar-refractivity contribution in [2.45, 2.75) is 17.9 Å². The van der Waals surface area contributed by atoms with E-state index in [1.807, 2.05) is 6.92 Å². The summed E-state index contributed by atoms with van der Waals surface area (Å²) in [7, 11) is -0.247. The minimum atomic E-state index is -3.52. The standard InChI is InChI=1S/C11H17BrN2O3S/c1-8(13-2)7-14-18(15,16)11-5-9(12)4-10(6-11)17-3/h4-6,8,13-14H,7H2,1-3H3. The van der Waals surface area contributed by atoms with Crippen LogP contribution in [0.25, 0.3) is 0 Å². The van der Waals surface area contributed by atoms with Crippen LogP contribution >= 0.6 is 15.9 Å². The van der Waals surface area contributed by atoms with Crippen molar-refractivity contribution in [2.24, 2.45) is 0 Å². The monoisotopic (exact) mass is 336 g/mol. The van der Waals surface area contributed by atoms with Crippen molar-refractivity contribution in [1.29, 1.82) is 0 Å². The number of nitrogens with one attached hydrogen (secondary N) is 2. The molecular weight excluding hydrogens is 320 g/mol. The highest BCUT2D eigenvalue weighted by Gasteiger charge is 2.16. The number of sulfonamides is 1.